The molecule has 3 aromatic carbocycles. The first-order valence-electron chi connectivity index (χ1n) is 10.9. The monoisotopic (exact) mass is 482 g/mol. The Morgan fingerprint density at radius 2 is 1.74 bits per heavy atom. The van der Waals surface area contributed by atoms with Crippen molar-refractivity contribution in [3.05, 3.63) is 78.1 Å². The predicted octanol–water partition coefficient (Wildman–Crippen LogP) is 3.77. The third kappa shape index (κ3) is 3.96. The fourth-order valence-electron chi connectivity index (χ4n) is 4.38. The number of benzene rings is 3. The largest absolute Gasteiger partial charge is 0.486 e. The van der Waals surface area contributed by atoms with Crippen molar-refractivity contribution in [2.24, 2.45) is 0 Å². The fourth-order valence-corrected chi connectivity index (χ4v) is 5.81. The summed E-state index contributed by atoms with van der Waals surface area (Å²) in [4.78, 5) is 15.1. The van der Waals surface area contributed by atoms with Gasteiger partial charge in [0.2, 0.25) is 5.91 Å². The van der Waals surface area contributed by atoms with Crippen molar-refractivity contribution in [3.63, 3.8) is 0 Å². The minimum absolute atomic E-state index is 0.0521. The molecule has 9 heteroatoms. The number of nitrogens with zero attached hydrogens (tertiary/aromatic N) is 2. The van der Waals surface area contributed by atoms with Crippen LogP contribution in [-0.2, 0) is 21.2 Å². The lowest BCUT2D eigenvalue weighted by Crippen LogP contribution is -2.45. The average Bonchev–Trinajstić information content (AvgIpc) is 3.18. The maximum atomic E-state index is 13.7. The molecule has 0 radical (unpaired) electrons. The highest BCUT2D eigenvalue weighted by molar-refractivity contribution is 7.92. The normalized spacial score (nSPS) is 16.8. The number of hydrogen-bond acceptors (Lipinski definition) is 5. The Bertz CT molecular complexity index is 1340. The number of carbonyl (C=O) groups excluding carboxylic acids is 1. The number of anilines is 2. The first-order chi connectivity index (χ1) is 16.3. The molecule has 1 atom stereocenters. The van der Waals surface area contributed by atoms with E-state index in [1.165, 1.54) is 42.5 Å². The molecule has 2 heterocycles. The second-order valence-electron chi connectivity index (χ2n) is 8.24. The maximum absolute atomic E-state index is 13.7. The van der Waals surface area contributed by atoms with E-state index in [-0.39, 0.29) is 22.5 Å². The molecule has 7 nitrogen and oxygen atoms in total. The Morgan fingerprint density at radius 1 is 1.03 bits per heavy atom. The highest BCUT2D eigenvalue weighted by atomic mass is 32.2. The van der Waals surface area contributed by atoms with Crippen molar-refractivity contribution in [1.82, 2.24) is 0 Å². The van der Waals surface area contributed by atoms with Gasteiger partial charge in [0.15, 0.2) is 11.5 Å². The van der Waals surface area contributed by atoms with Crippen molar-refractivity contribution in [3.8, 4) is 11.5 Å². The quantitative estimate of drug-likeness (QED) is 0.554. The smallest absolute Gasteiger partial charge is 0.264 e. The van der Waals surface area contributed by atoms with E-state index >= 15 is 0 Å². The van der Waals surface area contributed by atoms with E-state index in [0.29, 0.717) is 31.1 Å². The summed E-state index contributed by atoms with van der Waals surface area (Å²) in [7, 11) is -4.19. The van der Waals surface area contributed by atoms with Crippen molar-refractivity contribution >= 4 is 27.3 Å². The van der Waals surface area contributed by atoms with Gasteiger partial charge in [-0.2, -0.15) is 0 Å². The zero-order chi connectivity index (χ0) is 23.9. The van der Waals surface area contributed by atoms with E-state index in [4.69, 9.17) is 9.47 Å². The number of halogens is 1. The van der Waals surface area contributed by atoms with Crippen LogP contribution >= 0.6 is 0 Å². The van der Waals surface area contributed by atoms with Crippen LogP contribution in [0, 0.1) is 5.82 Å². The molecule has 0 saturated heterocycles. The Labute approximate surface area is 197 Å². The molecule has 0 saturated carbocycles. The zero-order valence-corrected chi connectivity index (χ0v) is 19.3. The van der Waals surface area contributed by atoms with Crippen LogP contribution in [0.5, 0.6) is 11.5 Å². The molecular formula is C25H23FN2O5S. The van der Waals surface area contributed by atoms with E-state index in [0.717, 1.165) is 15.6 Å². The topological polar surface area (TPSA) is 76.2 Å². The van der Waals surface area contributed by atoms with Crippen LogP contribution in [0.4, 0.5) is 15.8 Å². The van der Waals surface area contributed by atoms with Gasteiger partial charge in [0.05, 0.1) is 10.6 Å². The first kappa shape index (κ1) is 22.2. The molecule has 2 aliphatic rings. The molecular weight excluding hydrogens is 459 g/mol. The van der Waals surface area contributed by atoms with Crippen LogP contribution < -0.4 is 18.7 Å². The van der Waals surface area contributed by atoms with Crippen molar-refractivity contribution in [1.29, 1.82) is 0 Å². The summed E-state index contributed by atoms with van der Waals surface area (Å²) in [6.07, 6.45) is 0.688. The summed E-state index contributed by atoms with van der Waals surface area (Å²) in [5.41, 5.74) is 1.99. The molecule has 3 aromatic rings. The molecule has 0 spiro atoms. The van der Waals surface area contributed by atoms with Crippen molar-refractivity contribution in [2.45, 2.75) is 24.3 Å². The molecule has 0 fully saturated rings. The Kier molecular flexibility index (Phi) is 5.65. The van der Waals surface area contributed by atoms with Gasteiger partial charge in [-0.3, -0.25) is 9.10 Å². The van der Waals surface area contributed by atoms with Gasteiger partial charge in [0, 0.05) is 17.8 Å². The number of rotatable bonds is 5. The molecule has 0 bridgehead atoms. The van der Waals surface area contributed by atoms with Crippen LogP contribution in [0.1, 0.15) is 12.5 Å². The maximum Gasteiger partial charge on any atom is 0.264 e. The van der Waals surface area contributed by atoms with Gasteiger partial charge in [-0.15, -0.1) is 0 Å². The first-order valence-corrected chi connectivity index (χ1v) is 12.4. The third-order valence-corrected chi connectivity index (χ3v) is 7.74. The number of para-hydroxylation sites is 1. The van der Waals surface area contributed by atoms with Gasteiger partial charge in [0.1, 0.15) is 25.6 Å². The molecule has 0 aliphatic carbocycles. The predicted molar refractivity (Wildman–Crippen MR) is 125 cm³/mol. The molecule has 1 amide bonds. The molecule has 2 aliphatic heterocycles. The van der Waals surface area contributed by atoms with Gasteiger partial charge in [-0.1, -0.05) is 18.2 Å². The second kappa shape index (κ2) is 8.64. The van der Waals surface area contributed by atoms with E-state index < -0.39 is 22.4 Å². The van der Waals surface area contributed by atoms with E-state index in [9.17, 15) is 17.6 Å². The summed E-state index contributed by atoms with van der Waals surface area (Å²) >= 11 is 0. The number of hydrogen-bond donors (Lipinski definition) is 0. The molecule has 34 heavy (non-hydrogen) atoms. The molecule has 1 unspecified atom stereocenters. The van der Waals surface area contributed by atoms with E-state index in [1.54, 1.807) is 4.90 Å². The minimum atomic E-state index is -4.19. The van der Waals surface area contributed by atoms with Crippen molar-refractivity contribution in [2.75, 3.05) is 29.0 Å². The summed E-state index contributed by atoms with van der Waals surface area (Å²) in [6.45, 7) is 2.17. The Balaban J connectivity index is 1.53. The van der Waals surface area contributed by atoms with Crippen LogP contribution in [0.15, 0.2) is 71.6 Å². The zero-order valence-electron chi connectivity index (χ0n) is 18.5. The van der Waals surface area contributed by atoms with Gasteiger partial charge < -0.3 is 14.4 Å². The Hall–Kier alpha value is -3.59. The number of amides is 1. The lowest BCUT2D eigenvalue weighted by molar-refractivity contribution is -0.117. The molecule has 0 aromatic heterocycles. The van der Waals surface area contributed by atoms with Gasteiger partial charge in [0.25, 0.3) is 10.0 Å². The lowest BCUT2D eigenvalue weighted by Gasteiger charge is -2.29. The highest BCUT2D eigenvalue weighted by Crippen LogP contribution is 2.35. The summed E-state index contributed by atoms with van der Waals surface area (Å²) < 4.78 is 53.1. The van der Waals surface area contributed by atoms with Gasteiger partial charge in [-0.05, 0) is 61.4 Å². The summed E-state index contributed by atoms with van der Waals surface area (Å²) in [5, 5.41) is 0. The molecule has 176 valence electrons. The molecule has 5 rings (SSSR count). The van der Waals surface area contributed by atoms with Crippen LogP contribution in [-0.4, -0.2) is 40.1 Å². The SMILES string of the molecule is CC1Cc2ccccc2N1C(=O)CN(c1ccc(F)cc1)S(=O)(=O)c1ccc2c(c1)OCCO2. The standard InChI is InChI=1S/C25H23FN2O5S/c1-17-14-18-4-2-3-5-22(18)28(17)25(29)16-27(20-8-6-19(26)7-9-20)34(30,31)21-10-11-23-24(15-21)33-13-12-32-23/h2-11,15,17H,12-14,16H2,1H3. The average molecular weight is 483 g/mol. The number of ether oxygens (including phenoxy) is 2. The van der Waals surface area contributed by atoms with Crippen molar-refractivity contribution < 1.29 is 27.1 Å². The second-order valence-corrected chi connectivity index (χ2v) is 10.1. The summed E-state index contributed by atoms with van der Waals surface area (Å²) in [6, 6.07) is 16.8. The fraction of sp³-hybridized carbons (Fsp3) is 0.240. The minimum Gasteiger partial charge on any atom is -0.486 e. The summed E-state index contributed by atoms with van der Waals surface area (Å²) in [5.74, 6) is -0.103. The van der Waals surface area contributed by atoms with E-state index in [2.05, 4.69) is 0 Å². The molecule has 0 N–H and O–H groups in total. The highest BCUT2D eigenvalue weighted by Gasteiger charge is 2.35. The van der Waals surface area contributed by atoms with Crippen LogP contribution in [0.3, 0.4) is 0 Å². The third-order valence-electron chi connectivity index (χ3n) is 5.97. The lowest BCUT2D eigenvalue weighted by atomic mass is 10.1. The van der Waals surface area contributed by atoms with Gasteiger partial charge >= 0.3 is 0 Å². The van der Waals surface area contributed by atoms with Crippen LogP contribution in [0.2, 0.25) is 0 Å². The number of sulfonamides is 1. The van der Waals surface area contributed by atoms with Crippen LogP contribution in [0.25, 0.3) is 0 Å². The number of fused-ring (bicyclic) bond motifs is 2. The Morgan fingerprint density at radius 3 is 2.50 bits per heavy atom. The van der Waals surface area contributed by atoms with Gasteiger partial charge in [-0.25, -0.2) is 12.8 Å². The van der Waals surface area contributed by atoms with E-state index in [1.807, 2.05) is 31.2 Å². The number of carbonyl (C=O) groups is 1.